The third kappa shape index (κ3) is 3.47. The summed E-state index contributed by atoms with van der Waals surface area (Å²) in [6.07, 6.45) is 8.92. The number of nitrogens with one attached hydrogen (secondary N) is 1. The smallest absolute Gasteiger partial charge is 0.306 e. The number of aliphatic carboxylic acids is 1. The molecule has 102 valence electrons. The fourth-order valence-corrected chi connectivity index (χ4v) is 3.20. The molecule has 0 heterocycles. The molecule has 0 saturated heterocycles. The first-order chi connectivity index (χ1) is 8.66. The van der Waals surface area contributed by atoms with Crippen LogP contribution in [0.4, 0.5) is 0 Å². The SMILES string of the molecule is O=C(N[C@H]1CC[C@H](C(=O)O)C1)C1CCCCCC1. The highest BCUT2D eigenvalue weighted by atomic mass is 16.4. The summed E-state index contributed by atoms with van der Waals surface area (Å²) in [5.41, 5.74) is 0. The van der Waals surface area contributed by atoms with Crippen molar-refractivity contribution in [3.8, 4) is 0 Å². The zero-order valence-electron chi connectivity index (χ0n) is 10.9. The van der Waals surface area contributed by atoms with Gasteiger partial charge in [0.25, 0.3) is 0 Å². The quantitative estimate of drug-likeness (QED) is 0.759. The number of carbonyl (C=O) groups excluding carboxylic acids is 1. The van der Waals surface area contributed by atoms with Crippen LogP contribution in [0.15, 0.2) is 0 Å². The second kappa shape index (κ2) is 6.21. The lowest BCUT2D eigenvalue weighted by Gasteiger charge is -2.18. The Kier molecular flexibility index (Phi) is 4.61. The molecular weight excluding hydrogens is 230 g/mol. The molecular formula is C14H23NO3. The lowest BCUT2D eigenvalue weighted by molar-refractivity contribution is -0.141. The van der Waals surface area contributed by atoms with Gasteiger partial charge in [-0.1, -0.05) is 25.7 Å². The van der Waals surface area contributed by atoms with E-state index in [1.165, 1.54) is 12.8 Å². The molecule has 2 N–H and O–H groups in total. The second-order valence-corrected chi connectivity index (χ2v) is 5.74. The molecule has 0 aromatic heterocycles. The third-order valence-electron chi connectivity index (χ3n) is 4.35. The van der Waals surface area contributed by atoms with Crippen LogP contribution in [0.5, 0.6) is 0 Å². The summed E-state index contributed by atoms with van der Waals surface area (Å²) >= 11 is 0. The summed E-state index contributed by atoms with van der Waals surface area (Å²) < 4.78 is 0. The van der Waals surface area contributed by atoms with Crippen molar-refractivity contribution in [2.24, 2.45) is 11.8 Å². The van der Waals surface area contributed by atoms with Crippen LogP contribution in [0.25, 0.3) is 0 Å². The maximum atomic E-state index is 12.1. The van der Waals surface area contributed by atoms with Gasteiger partial charge in [0.05, 0.1) is 5.92 Å². The molecule has 2 aliphatic rings. The van der Waals surface area contributed by atoms with E-state index in [-0.39, 0.29) is 23.8 Å². The Hall–Kier alpha value is -1.06. The highest BCUT2D eigenvalue weighted by Gasteiger charge is 2.31. The summed E-state index contributed by atoms with van der Waals surface area (Å²) in [6, 6.07) is 0.0850. The Morgan fingerprint density at radius 3 is 2.11 bits per heavy atom. The first-order valence-electron chi connectivity index (χ1n) is 7.20. The van der Waals surface area contributed by atoms with Gasteiger partial charge >= 0.3 is 5.97 Å². The van der Waals surface area contributed by atoms with Crippen LogP contribution in [-0.2, 0) is 9.59 Å². The highest BCUT2D eigenvalue weighted by Crippen LogP contribution is 2.27. The van der Waals surface area contributed by atoms with E-state index in [1.54, 1.807) is 0 Å². The van der Waals surface area contributed by atoms with Crippen molar-refractivity contribution in [3.63, 3.8) is 0 Å². The van der Waals surface area contributed by atoms with E-state index in [2.05, 4.69) is 5.32 Å². The van der Waals surface area contributed by atoms with Crippen LogP contribution in [0.1, 0.15) is 57.8 Å². The standard InChI is InChI=1S/C14H23NO3/c16-13(10-5-3-1-2-4-6-10)15-12-8-7-11(9-12)14(17)18/h10-12H,1-9H2,(H,15,16)(H,17,18)/t11-,12-/m0/s1. The molecule has 0 bridgehead atoms. The molecule has 0 unspecified atom stereocenters. The van der Waals surface area contributed by atoms with E-state index in [0.717, 1.165) is 32.1 Å². The van der Waals surface area contributed by atoms with Crippen LogP contribution in [0.3, 0.4) is 0 Å². The van der Waals surface area contributed by atoms with E-state index in [9.17, 15) is 9.59 Å². The predicted molar refractivity (Wildman–Crippen MR) is 68.1 cm³/mol. The Bertz CT molecular complexity index is 308. The Morgan fingerprint density at radius 2 is 1.56 bits per heavy atom. The molecule has 2 aliphatic carbocycles. The summed E-state index contributed by atoms with van der Waals surface area (Å²) in [6.45, 7) is 0. The van der Waals surface area contributed by atoms with Crippen molar-refractivity contribution in [2.75, 3.05) is 0 Å². The summed E-state index contributed by atoms with van der Waals surface area (Å²) in [5.74, 6) is -0.657. The van der Waals surface area contributed by atoms with Gasteiger partial charge in [0, 0.05) is 12.0 Å². The van der Waals surface area contributed by atoms with Crippen LogP contribution in [0, 0.1) is 11.8 Å². The largest absolute Gasteiger partial charge is 0.481 e. The Balaban J connectivity index is 1.78. The van der Waals surface area contributed by atoms with E-state index < -0.39 is 5.97 Å². The molecule has 1 amide bonds. The van der Waals surface area contributed by atoms with Gasteiger partial charge in [-0.2, -0.15) is 0 Å². The fourth-order valence-electron chi connectivity index (χ4n) is 3.20. The van der Waals surface area contributed by atoms with E-state index in [0.29, 0.717) is 12.8 Å². The van der Waals surface area contributed by atoms with E-state index in [4.69, 9.17) is 5.11 Å². The molecule has 0 spiro atoms. The number of amides is 1. The van der Waals surface area contributed by atoms with Gasteiger partial charge in [0.15, 0.2) is 0 Å². The van der Waals surface area contributed by atoms with Crippen molar-refractivity contribution in [2.45, 2.75) is 63.8 Å². The maximum absolute atomic E-state index is 12.1. The lowest BCUT2D eigenvalue weighted by atomic mass is 9.99. The Labute approximate surface area is 108 Å². The fraction of sp³-hybridized carbons (Fsp3) is 0.857. The minimum atomic E-state index is -0.721. The van der Waals surface area contributed by atoms with Crippen LogP contribution in [0.2, 0.25) is 0 Å². The van der Waals surface area contributed by atoms with Gasteiger partial charge < -0.3 is 10.4 Å². The van der Waals surface area contributed by atoms with E-state index in [1.807, 2.05) is 0 Å². The average Bonchev–Trinajstić information content (AvgIpc) is 2.64. The number of carboxylic acid groups (broad SMARTS) is 1. The van der Waals surface area contributed by atoms with E-state index >= 15 is 0 Å². The number of carboxylic acids is 1. The molecule has 18 heavy (non-hydrogen) atoms. The van der Waals surface area contributed by atoms with Crippen LogP contribution < -0.4 is 5.32 Å². The molecule has 0 aliphatic heterocycles. The predicted octanol–water partition coefficient (Wildman–Crippen LogP) is 2.33. The van der Waals surface area contributed by atoms with Crippen molar-refractivity contribution < 1.29 is 14.7 Å². The van der Waals surface area contributed by atoms with Gasteiger partial charge in [-0.15, -0.1) is 0 Å². The number of rotatable bonds is 3. The molecule has 0 aromatic carbocycles. The van der Waals surface area contributed by atoms with Gasteiger partial charge in [0.1, 0.15) is 0 Å². The first kappa shape index (κ1) is 13.4. The number of carbonyl (C=O) groups is 2. The number of hydrogen-bond donors (Lipinski definition) is 2. The first-order valence-corrected chi connectivity index (χ1v) is 7.20. The van der Waals surface area contributed by atoms with Gasteiger partial charge in [0.2, 0.25) is 5.91 Å². The molecule has 4 heteroatoms. The average molecular weight is 253 g/mol. The molecule has 4 nitrogen and oxygen atoms in total. The van der Waals surface area contributed by atoms with Gasteiger partial charge in [-0.3, -0.25) is 9.59 Å². The molecule has 0 radical (unpaired) electrons. The molecule has 2 atom stereocenters. The van der Waals surface area contributed by atoms with Crippen LogP contribution >= 0.6 is 0 Å². The molecule has 2 fully saturated rings. The summed E-state index contributed by atoms with van der Waals surface area (Å²) in [5, 5.41) is 12.0. The molecule has 0 aromatic rings. The van der Waals surface area contributed by atoms with Crippen molar-refractivity contribution in [1.82, 2.24) is 5.32 Å². The topological polar surface area (TPSA) is 66.4 Å². The molecule has 2 rings (SSSR count). The minimum Gasteiger partial charge on any atom is -0.481 e. The van der Waals surface area contributed by atoms with Crippen molar-refractivity contribution in [1.29, 1.82) is 0 Å². The minimum absolute atomic E-state index is 0.0850. The van der Waals surface area contributed by atoms with Crippen molar-refractivity contribution in [3.05, 3.63) is 0 Å². The Morgan fingerprint density at radius 1 is 0.889 bits per heavy atom. The zero-order valence-corrected chi connectivity index (χ0v) is 10.9. The monoisotopic (exact) mass is 253 g/mol. The molecule has 2 saturated carbocycles. The maximum Gasteiger partial charge on any atom is 0.306 e. The highest BCUT2D eigenvalue weighted by molar-refractivity contribution is 5.79. The summed E-state index contributed by atoms with van der Waals surface area (Å²) in [4.78, 5) is 23.0. The van der Waals surface area contributed by atoms with Gasteiger partial charge in [-0.25, -0.2) is 0 Å². The summed E-state index contributed by atoms with van der Waals surface area (Å²) in [7, 11) is 0. The zero-order chi connectivity index (χ0) is 13.0. The normalized spacial score (nSPS) is 29.8. The third-order valence-corrected chi connectivity index (χ3v) is 4.35. The second-order valence-electron chi connectivity index (χ2n) is 5.74. The lowest BCUT2D eigenvalue weighted by Crippen LogP contribution is -2.37. The number of hydrogen-bond acceptors (Lipinski definition) is 2. The van der Waals surface area contributed by atoms with Crippen LogP contribution in [-0.4, -0.2) is 23.0 Å². The van der Waals surface area contributed by atoms with Crippen molar-refractivity contribution >= 4 is 11.9 Å². The van der Waals surface area contributed by atoms with Gasteiger partial charge in [-0.05, 0) is 32.1 Å².